The van der Waals surface area contributed by atoms with E-state index in [4.69, 9.17) is 16.3 Å². The number of hydrogen-bond donors (Lipinski definition) is 1. The number of fused-ring (bicyclic) bond motifs is 3. The maximum Gasteiger partial charge on any atom is 0.341 e. The number of hydrogen-bond acceptors (Lipinski definition) is 3. The number of carbonyl (C=O) groups is 2. The number of aromatic nitrogens is 1. The van der Waals surface area contributed by atoms with Crippen molar-refractivity contribution >= 4 is 40.0 Å². The van der Waals surface area contributed by atoms with E-state index in [1.807, 2.05) is 0 Å². The highest BCUT2D eigenvalue weighted by Crippen LogP contribution is 2.33. The number of carbonyl (C=O) groups excluding carboxylic acids is 2. The van der Waals surface area contributed by atoms with Crippen molar-refractivity contribution in [3.8, 4) is 0 Å². The number of aromatic amines is 1. The van der Waals surface area contributed by atoms with Crippen LogP contribution in [-0.2, 0) is 16.0 Å². The predicted molar refractivity (Wildman–Crippen MR) is 109 cm³/mol. The van der Waals surface area contributed by atoms with Gasteiger partial charge in [0.2, 0.25) is 0 Å². The second-order valence-corrected chi connectivity index (χ2v) is 7.22. The maximum absolute atomic E-state index is 14.2. The molecule has 1 aliphatic heterocycles. The summed E-state index contributed by atoms with van der Waals surface area (Å²) in [6.45, 7) is 1.97. The van der Waals surface area contributed by atoms with Gasteiger partial charge in [0.05, 0.1) is 23.4 Å². The number of amides is 1. The molecule has 0 unspecified atom stereocenters. The van der Waals surface area contributed by atoms with Crippen LogP contribution < -0.4 is 0 Å². The van der Waals surface area contributed by atoms with E-state index in [1.165, 1.54) is 23.2 Å². The molecule has 3 aromatic rings. The number of esters is 1. The summed E-state index contributed by atoms with van der Waals surface area (Å²) < 4.78 is 33.0. The summed E-state index contributed by atoms with van der Waals surface area (Å²) in [4.78, 5) is 30.0. The molecule has 1 aromatic heterocycles. The molecule has 154 valence electrons. The summed E-state index contributed by atoms with van der Waals surface area (Å²) in [6, 6.07) is 8.72. The molecule has 0 atom stereocenters. The Kier molecular flexibility index (Phi) is 5.30. The first kappa shape index (κ1) is 20.1. The molecule has 0 saturated heterocycles. The molecule has 8 heteroatoms. The van der Waals surface area contributed by atoms with Crippen LogP contribution in [0.5, 0.6) is 0 Å². The van der Waals surface area contributed by atoms with Crippen molar-refractivity contribution in [2.75, 3.05) is 13.2 Å². The van der Waals surface area contributed by atoms with Crippen molar-refractivity contribution in [2.45, 2.75) is 13.3 Å². The van der Waals surface area contributed by atoms with Gasteiger partial charge in [-0.2, -0.15) is 0 Å². The van der Waals surface area contributed by atoms with E-state index in [-0.39, 0.29) is 18.7 Å². The Hall–Kier alpha value is -3.19. The molecule has 0 spiro atoms. The third-order valence-corrected chi connectivity index (χ3v) is 5.20. The van der Waals surface area contributed by atoms with Gasteiger partial charge in [0.15, 0.2) is 11.6 Å². The zero-order chi connectivity index (χ0) is 21.4. The molecule has 0 bridgehead atoms. The highest BCUT2D eigenvalue weighted by atomic mass is 35.5. The highest BCUT2D eigenvalue weighted by molar-refractivity contribution is 6.31. The molecule has 1 N–H and O–H groups in total. The molecule has 2 heterocycles. The molecule has 5 nitrogen and oxygen atoms in total. The van der Waals surface area contributed by atoms with E-state index in [9.17, 15) is 18.4 Å². The van der Waals surface area contributed by atoms with E-state index >= 15 is 0 Å². The first-order chi connectivity index (χ1) is 14.4. The van der Waals surface area contributed by atoms with Gasteiger partial charge in [-0.3, -0.25) is 4.79 Å². The topological polar surface area (TPSA) is 62.4 Å². The Morgan fingerprint density at radius 2 is 2.03 bits per heavy atom. The van der Waals surface area contributed by atoms with Crippen molar-refractivity contribution in [3.63, 3.8) is 0 Å². The smallest absolute Gasteiger partial charge is 0.341 e. The Bertz CT molecular complexity index is 1200. The molecule has 30 heavy (non-hydrogen) atoms. The minimum absolute atomic E-state index is 0.127. The van der Waals surface area contributed by atoms with E-state index in [2.05, 4.69) is 4.98 Å². The fourth-order valence-electron chi connectivity index (χ4n) is 3.57. The summed E-state index contributed by atoms with van der Waals surface area (Å²) in [7, 11) is 0. The summed E-state index contributed by atoms with van der Waals surface area (Å²) in [5.74, 6) is -3.72. The minimum Gasteiger partial charge on any atom is -0.462 e. The van der Waals surface area contributed by atoms with Crippen LogP contribution in [0.15, 0.2) is 42.6 Å². The lowest BCUT2D eigenvalue weighted by molar-refractivity contribution is -0.136. The molecule has 4 rings (SSSR count). The van der Waals surface area contributed by atoms with Gasteiger partial charge < -0.3 is 14.6 Å². The van der Waals surface area contributed by atoms with Crippen molar-refractivity contribution < 1.29 is 23.1 Å². The van der Waals surface area contributed by atoms with Crippen LogP contribution in [0.3, 0.4) is 0 Å². The molecular formula is C22H17ClF2N2O3. The van der Waals surface area contributed by atoms with Gasteiger partial charge in [-0.1, -0.05) is 17.7 Å². The lowest BCUT2D eigenvalue weighted by Crippen LogP contribution is -2.29. The van der Waals surface area contributed by atoms with Crippen molar-refractivity contribution in [1.82, 2.24) is 9.88 Å². The number of ether oxygens (including phenoxy) is 1. The second kappa shape index (κ2) is 7.91. The number of H-pyrrole nitrogens is 1. The minimum atomic E-state index is -1.23. The zero-order valence-electron chi connectivity index (χ0n) is 16.0. The highest BCUT2D eigenvalue weighted by Gasteiger charge is 2.29. The average Bonchev–Trinajstić information content (AvgIpc) is 2.95. The molecule has 0 radical (unpaired) electrons. The van der Waals surface area contributed by atoms with Crippen LogP contribution in [-0.4, -0.2) is 34.9 Å². The number of halogens is 3. The van der Waals surface area contributed by atoms with Crippen LogP contribution in [0.2, 0.25) is 5.02 Å². The van der Waals surface area contributed by atoms with E-state index in [1.54, 1.807) is 25.1 Å². The fraction of sp³-hybridized carbons (Fsp3) is 0.182. The van der Waals surface area contributed by atoms with Gasteiger partial charge in [0.25, 0.3) is 5.91 Å². The molecule has 0 fully saturated rings. The summed E-state index contributed by atoms with van der Waals surface area (Å²) in [5, 5.41) is 1.35. The van der Waals surface area contributed by atoms with E-state index < -0.39 is 29.1 Å². The summed E-state index contributed by atoms with van der Waals surface area (Å²) >= 11 is 6.14. The third kappa shape index (κ3) is 3.45. The fourth-order valence-corrected chi connectivity index (χ4v) is 3.75. The lowest BCUT2D eigenvalue weighted by atomic mass is 10.0. The molecular weight excluding hydrogens is 414 g/mol. The lowest BCUT2D eigenvalue weighted by Gasteiger charge is -2.18. The van der Waals surface area contributed by atoms with Crippen LogP contribution in [0.4, 0.5) is 8.78 Å². The number of nitrogens with one attached hydrogen (secondary N) is 1. The average molecular weight is 431 g/mol. The number of rotatable bonds is 3. The quantitative estimate of drug-likeness (QED) is 0.612. The Morgan fingerprint density at radius 3 is 2.80 bits per heavy atom. The molecule has 2 aromatic carbocycles. The van der Waals surface area contributed by atoms with Crippen molar-refractivity contribution in [2.24, 2.45) is 0 Å². The van der Waals surface area contributed by atoms with Gasteiger partial charge >= 0.3 is 5.97 Å². The predicted octanol–water partition coefficient (Wildman–Crippen LogP) is 4.70. The van der Waals surface area contributed by atoms with Gasteiger partial charge in [-0.15, -0.1) is 0 Å². The van der Waals surface area contributed by atoms with E-state index in [0.29, 0.717) is 17.1 Å². The first-order valence-electron chi connectivity index (χ1n) is 9.35. The maximum atomic E-state index is 14.2. The normalized spacial score (nSPS) is 13.6. The summed E-state index contributed by atoms with van der Waals surface area (Å²) in [6.07, 6.45) is 1.70. The molecule has 1 aliphatic rings. The summed E-state index contributed by atoms with van der Waals surface area (Å²) in [5.41, 5.74) is 1.81. The van der Waals surface area contributed by atoms with Crippen LogP contribution >= 0.6 is 11.6 Å². The van der Waals surface area contributed by atoms with Crippen LogP contribution in [0.25, 0.3) is 16.5 Å². The standard InChI is InChI=1S/C22H17ClF2N2O3/c1-2-30-22(29)16-11-27(21(28)14-4-3-5-17(24)19(14)25)9-8-13-15-10-12(23)6-7-18(15)26-20(13)16/h3-7,10-11,26H,2,8-9H2,1H3. The number of benzene rings is 2. The van der Waals surface area contributed by atoms with Gasteiger partial charge in [0.1, 0.15) is 0 Å². The Morgan fingerprint density at radius 1 is 1.23 bits per heavy atom. The van der Waals surface area contributed by atoms with Gasteiger partial charge in [-0.25, -0.2) is 13.6 Å². The molecule has 1 amide bonds. The van der Waals surface area contributed by atoms with Gasteiger partial charge in [-0.05, 0) is 49.2 Å². The Labute approximate surface area is 175 Å². The van der Waals surface area contributed by atoms with E-state index in [0.717, 1.165) is 22.5 Å². The first-order valence-corrected chi connectivity index (χ1v) is 9.73. The molecule has 0 saturated carbocycles. The van der Waals surface area contributed by atoms with Crippen molar-refractivity contribution in [1.29, 1.82) is 0 Å². The Balaban J connectivity index is 1.83. The van der Waals surface area contributed by atoms with Gasteiger partial charge in [0, 0.05) is 28.7 Å². The second-order valence-electron chi connectivity index (χ2n) is 6.78. The SMILES string of the molecule is CCOC(=O)C1=CN(C(=O)c2cccc(F)c2F)CCc2c1[nH]c1ccc(Cl)cc21. The number of nitrogens with zero attached hydrogens (tertiary/aromatic N) is 1. The van der Waals surface area contributed by atoms with Crippen molar-refractivity contribution in [3.05, 3.63) is 76.1 Å². The third-order valence-electron chi connectivity index (χ3n) is 4.96. The van der Waals surface area contributed by atoms with Crippen LogP contribution in [0, 0.1) is 11.6 Å². The zero-order valence-corrected chi connectivity index (χ0v) is 16.7. The van der Waals surface area contributed by atoms with Crippen LogP contribution in [0.1, 0.15) is 28.5 Å². The monoisotopic (exact) mass is 430 g/mol. The molecule has 0 aliphatic carbocycles. The largest absolute Gasteiger partial charge is 0.462 e.